The van der Waals surface area contributed by atoms with Gasteiger partial charge in [-0.3, -0.25) is 4.79 Å². The molecule has 2 unspecified atom stereocenters. The van der Waals surface area contributed by atoms with Gasteiger partial charge in [0.1, 0.15) is 17.7 Å². The number of rotatable bonds is 7. The minimum Gasteiger partial charge on any atom is -0.459 e. The van der Waals surface area contributed by atoms with Crippen LogP contribution < -0.4 is 11.1 Å². The third-order valence-corrected chi connectivity index (χ3v) is 5.15. The van der Waals surface area contributed by atoms with Crippen LogP contribution in [-0.2, 0) is 33.8 Å². The highest BCUT2D eigenvalue weighted by atomic mass is 16.6. The predicted molar refractivity (Wildman–Crippen MR) is 114 cm³/mol. The number of benzene rings is 2. The molecule has 2 aromatic rings. The molecule has 0 aliphatic heterocycles. The lowest BCUT2D eigenvalue weighted by atomic mass is 10.00. The molecule has 1 aliphatic rings. The van der Waals surface area contributed by atoms with Crippen LogP contribution in [-0.4, -0.2) is 23.2 Å². The zero-order valence-corrected chi connectivity index (χ0v) is 17.8. The second kappa shape index (κ2) is 8.88. The van der Waals surface area contributed by atoms with Crippen molar-refractivity contribution in [2.24, 2.45) is 11.7 Å². The predicted octanol–water partition coefficient (Wildman–Crippen LogP) is 3.71. The highest BCUT2D eigenvalue weighted by molar-refractivity contribution is 5.85. The summed E-state index contributed by atoms with van der Waals surface area (Å²) in [6, 6.07) is 17.4. The number of amides is 1. The highest BCUT2D eigenvalue weighted by Crippen LogP contribution is 2.44. The smallest absolute Gasteiger partial charge is 0.407 e. The van der Waals surface area contributed by atoms with Crippen molar-refractivity contribution in [3.8, 4) is 0 Å². The molecule has 30 heavy (non-hydrogen) atoms. The molecule has 2 atom stereocenters. The van der Waals surface area contributed by atoms with Crippen LogP contribution in [0.2, 0.25) is 0 Å². The van der Waals surface area contributed by atoms with Crippen molar-refractivity contribution in [1.29, 1.82) is 0 Å². The van der Waals surface area contributed by atoms with Crippen LogP contribution in [0, 0.1) is 5.92 Å². The standard InChI is InChI=1S/C24H30N2O4/c1-23(2,3)30-22(28)26-15-19-12-8-7-11-18(19)13-20-14-24(20,25)21(27)29-16-17-9-5-4-6-10-17/h4-12,20H,13-16,25H2,1-3H3,(H,26,28). The van der Waals surface area contributed by atoms with E-state index in [1.165, 1.54) is 0 Å². The normalized spacial score (nSPS) is 20.3. The molecule has 1 aliphatic carbocycles. The van der Waals surface area contributed by atoms with Crippen LogP contribution >= 0.6 is 0 Å². The quantitative estimate of drug-likeness (QED) is 0.679. The molecule has 0 heterocycles. The minimum absolute atomic E-state index is 0.0171. The number of esters is 1. The fraction of sp³-hybridized carbons (Fsp3) is 0.417. The molecule has 3 N–H and O–H groups in total. The van der Waals surface area contributed by atoms with Gasteiger partial charge in [0.25, 0.3) is 0 Å². The SMILES string of the molecule is CC(C)(C)OC(=O)NCc1ccccc1CC1CC1(N)C(=O)OCc1ccccc1. The van der Waals surface area contributed by atoms with Gasteiger partial charge in [0, 0.05) is 6.54 Å². The summed E-state index contributed by atoms with van der Waals surface area (Å²) >= 11 is 0. The molecule has 0 bridgehead atoms. The van der Waals surface area contributed by atoms with E-state index in [-0.39, 0.29) is 18.5 Å². The summed E-state index contributed by atoms with van der Waals surface area (Å²) in [4.78, 5) is 24.5. The lowest BCUT2D eigenvalue weighted by Crippen LogP contribution is -2.37. The molecule has 6 heteroatoms. The van der Waals surface area contributed by atoms with E-state index in [1.54, 1.807) is 0 Å². The molecule has 1 saturated carbocycles. The maximum absolute atomic E-state index is 12.5. The van der Waals surface area contributed by atoms with Gasteiger partial charge in [-0.05, 0) is 56.2 Å². The second-order valence-electron chi connectivity index (χ2n) is 8.83. The summed E-state index contributed by atoms with van der Waals surface area (Å²) in [5.41, 5.74) is 7.81. The molecule has 0 spiro atoms. The summed E-state index contributed by atoms with van der Waals surface area (Å²) in [7, 11) is 0. The number of alkyl carbamates (subject to hydrolysis) is 1. The van der Waals surface area contributed by atoms with Gasteiger partial charge in [0.2, 0.25) is 0 Å². The van der Waals surface area contributed by atoms with Crippen molar-refractivity contribution in [2.45, 2.75) is 57.9 Å². The van der Waals surface area contributed by atoms with E-state index < -0.39 is 17.2 Å². The van der Waals surface area contributed by atoms with Crippen molar-refractivity contribution in [3.63, 3.8) is 0 Å². The van der Waals surface area contributed by atoms with Gasteiger partial charge >= 0.3 is 12.1 Å². The molecule has 0 radical (unpaired) electrons. The summed E-state index contributed by atoms with van der Waals surface area (Å²) in [5.74, 6) is -0.343. The largest absolute Gasteiger partial charge is 0.459 e. The van der Waals surface area contributed by atoms with Crippen LogP contribution in [0.5, 0.6) is 0 Å². The van der Waals surface area contributed by atoms with Gasteiger partial charge < -0.3 is 20.5 Å². The van der Waals surface area contributed by atoms with Crippen molar-refractivity contribution in [2.75, 3.05) is 0 Å². The van der Waals surface area contributed by atoms with E-state index in [0.29, 0.717) is 19.4 Å². The lowest BCUT2D eigenvalue weighted by molar-refractivity contribution is -0.148. The van der Waals surface area contributed by atoms with E-state index in [9.17, 15) is 9.59 Å². The Hall–Kier alpha value is -2.86. The summed E-state index contributed by atoms with van der Waals surface area (Å²) in [5, 5.41) is 2.79. The van der Waals surface area contributed by atoms with Crippen LogP contribution in [0.25, 0.3) is 0 Å². The number of ether oxygens (including phenoxy) is 2. The van der Waals surface area contributed by atoms with E-state index >= 15 is 0 Å². The monoisotopic (exact) mass is 410 g/mol. The Bertz CT molecular complexity index is 892. The maximum Gasteiger partial charge on any atom is 0.407 e. The first-order valence-corrected chi connectivity index (χ1v) is 10.2. The molecule has 1 amide bonds. The molecular formula is C24H30N2O4. The average Bonchev–Trinajstić information content (AvgIpc) is 3.35. The van der Waals surface area contributed by atoms with E-state index in [2.05, 4.69) is 5.32 Å². The van der Waals surface area contributed by atoms with Crippen molar-refractivity contribution in [3.05, 3.63) is 71.3 Å². The van der Waals surface area contributed by atoms with Gasteiger partial charge in [0.15, 0.2) is 0 Å². The first-order chi connectivity index (χ1) is 14.2. The summed E-state index contributed by atoms with van der Waals surface area (Å²) in [6.07, 6.45) is 0.791. The molecule has 6 nitrogen and oxygen atoms in total. The van der Waals surface area contributed by atoms with Gasteiger partial charge in [-0.1, -0.05) is 54.6 Å². The Labute approximate surface area is 177 Å². The van der Waals surface area contributed by atoms with Gasteiger partial charge in [-0.15, -0.1) is 0 Å². The number of hydrogen-bond donors (Lipinski definition) is 2. The summed E-state index contributed by atoms with van der Waals surface area (Å²) in [6.45, 7) is 6.05. The fourth-order valence-corrected chi connectivity index (χ4v) is 3.39. The number of hydrogen-bond acceptors (Lipinski definition) is 5. The summed E-state index contributed by atoms with van der Waals surface area (Å²) < 4.78 is 10.7. The number of carbonyl (C=O) groups excluding carboxylic acids is 2. The van der Waals surface area contributed by atoms with Crippen molar-refractivity contribution < 1.29 is 19.1 Å². The van der Waals surface area contributed by atoms with Crippen LogP contribution in [0.1, 0.15) is 43.9 Å². The van der Waals surface area contributed by atoms with Gasteiger partial charge in [0.05, 0.1) is 0 Å². The van der Waals surface area contributed by atoms with Crippen LogP contribution in [0.4, 0.5) is 4.79 Å². The van der Waals surface area contributed by atoms with Crippen LogP contribution in [0.3, 0.4) is 0 Å². The zero-order valence-electron chi connectivity index (χ0n) is 17.8. The topological polar surface area (TPSA) is 90.6 Å². The molecule has 0 saturated heterocycles. The second-order valence-corrected chi connectivity index (χ2v) is 8.83. The number of nitrogens with one attached hydrogen (secondary N) is 1. The molecule has 0 aromatic heterocycles. The number of nitrogens with two attached hydrogens (primary N) is 1. The Morgan fingerprint density at radius 1 is 1.07 bits per heavy atom. The molecule has 3 rings (SSSR count). The van der Waals surface area contributed by atoms with Crippen LogP contribution in [0.15, 0.2) is 54.6 Å². The molecule has 160 valence electrons. The van der Waals surface area contributed by atoms with E-state index in [0.717, 1.165) is 16.7 Å². The average molecular weight is 411 g/mol. The Kier molecular flexibility index (Phi) is 6.46. The van der Waals surface area contributed by atoms with Gasteiger partial charge in [-0.2, -0.15) is 0 Å². The molecular weight excluding hydrogens is 380 g/mol. The Balaban J connectivity index is 1.54. The first kappa shape index (κ1) is 21.8. The van der Waals surface area contributed by atoms with E-state index in [1.807, 2.05) is 75.4 Å². The fourth-order valence-electron chi connectivity index (χ4n) is 3.39. The minimum atomic E-state index is -0.944. The Morgan fingerprint density at radius 3 is 2.37 bits per heavy atom. The third-order valence-electron chi connectivity index (χ3n) is 5.15. The van der Waals surface area contributed by atoms with Crippen molar-refractivity contribution >= 4 is 12.1 Å². The zero-order chi connectivity index (χ0) is 21.8. The van der Waals surface area contributed by atoms with Crippen molar-refractivity contribution in [1.82, 2.24) is 5.32 Å². The Morgan fingerprint density at radius 2 is 1.70 bits per heavy atom. The molecule has 2 aromatic carbocycles. The lowest BCUT2D eigenvalue weighted by Gasteiger charge is -2.20. The maximum atomic E-state index is 12.5. The van der Waals surface area contributed by atoms with E-state index in [4.69, 9.17) is 15.2 Å². The highest BCUT2D eigenvalue weighted by Gasteiger charge is 2.58. The third kappa shape index (κ3) is 5.83. The first-order valence-electron chi connectivity index (χ1n) is 10.2. The molecule has 1 fully saturated rings. The van der Waals surface area contributed by atoms with Gasteiger partial charge in [-0.25, -0.2) is 4.79 Å². The number of carbonyl (C=O) groups is 2.